The molecule has 0 radical (unpaired) electrons. The highest BCUT2D eigenvalue weighted by Crippen LogP contribution is 1.83. The van der Waals surface area contributed by atoms with Crippen LogP contribution in [0.15, 0.2) is 12.7 Å². The van der Waals surface area contributed by atoms with Gasteiger partial charge in [0.05, 0.1) is 6.54 Å². The Hall–Kier alpha value is -1.39. The number of carbonyl (C=O) groups is 1. The van der Waals surface area contributed by atoms with Crippen LogP contribution in [0, 0.1) is 0 Å². The fourth-order valence-corrected chi connectivity index (χ4v) is 0.632. The molecule has 5 nitrogen and oxygen atoms in total. The minimum atomic E-state index is -0.266. The molecule has 60 valence electrons. The summed E-state index contributed by atoms with van der Waals surface area (Å²) in [6, 6.07) is 0. The van der Waals surface area contributed by atoms with Crippen LogP contribution in [-0.2, 0) is 16.1 Å². The lowest BCUT2D eigenvalue weighted by molar-refractivity contribution is -0.141. The van der Waals surface area contributed by atoms with Gasteiger partial charge in [-0.3, -0.25) is 4.79 Å². The Bertz CT molecular complexity index is 220. The number of esters is 1. The van der Waals surface area contributed by atoms with Crippen molar-refractivity contribution in [1.29, 1.82) is 0 Å². The largest absolute Gasteiger partial charge is 0.464 e. The molecular weight excluding hydrogens is 146 g/mol. The van der Waals surface area contributed by atoms with Crippen LogP contribution in [0.4, 0.5) is 0 Å². The van der Waals surface area contributed by atoms with E-state index in [-0.39, 0.29) is 5.97 Å². The fourth-order valence-electron chi connectivity index (χ4n) is 0.632. The highest BCUT2D eigenvalue weighted by Gasteiger charge is 1.93. The van der Waals surface area contributed by atoms with Crippen molar-refractivity contribution in [3.63, 3.8) is 0 Å². The molecule has 1 aromatic rings. The quantitative estimate of drug-likeness (QED) is 0.569. The van der Waals surface area contributed by atoms with Crippen LogP contribution in [0.1, 0.15) is 6.92 Å². The number of ether oxygens (including phenoxy) is 1. The molecule has 0 N–H and O–H groups in total. The molecule has 0 saturated carbocycles. The van der Waals surface area contributed by atoms with Crippen LogP contribution < -0.4 is 0 Å². The molecule has 0 aromatic carbocycles. The van der Waals surface area contributed by atoms with E-state index in [2.05, 4.69) is 10.2 Å². The third-order valence-electron chi connectivity index (χ3n) is 1.12. The lowest BCUT2D eigenvalue weighted by atomic mass is 10.6. The molecular formula is C6H9N3O2. The first kappa shape index (κ1) is 7.71. The maximum absolute atomic E-state index is 10.3. The van der Waals surface area contributed by atoms with Crippen molar-refractivity contribution in [3.8, 4) is 0 Å². The number of hydrogen-bond donors (Lipinski definition) is 0. The Labute approximate surface area is 64.0 Å². The van der Waals surface area contributed by atoms with E-state index >= 15 is 0 Å². The molecule has 0 spiro atoms. The predicted octanol–water partition coefficient (Wildman–Crippen LogP) is -0.159. The van der Waals surface area contributed by atoms with E-state index in [1.807, 2.05) is 0 Å². The normalized spacial score (nSPS) is 9.55. The summed E-state index contributed by atoms with van der Waals surface area (Å²) < 4.78 is 6.44. The van der Waals surface area contributed by atoms with Crippen LogP contribution in [-0.4, -0.2) is 27.3 Å². The fraction of sp³-hybridized carbons (Fsp3) is 0.500. The summed E-state index contributed by atoms with van der Waals surface area (Å²) in [5.41, 5.74) is 0. The second-order valence-corrected chi connectivity index (χ2v) is 2.04. The van der Waals surface area contributed by atoms with E-state index in [0.717, 1.165) is 0 Å². The van der Waals surface area contributed by atoms with Crippen molar-refractivity contribution in [3.05, 3.63) is 12.7 Å². The van der Waals surface area contributed by atoms with Gasteiger partial charge in [0, 0.05) is 6.92 Å². The Balaban J connectivity index is 2.19. The second-order valence-electron chi connectivity index (χ2n) is 2.04. The maximum atomic E-state index is 10.3. The summed E-state index contributed by atoms with van der Waals surface area (Å²) in [6.07, 6.45) is 3.15. The van der Waals surface area contributed by atoms with E-state index in [1.165, 1.54) is 6.92 Å². The van der Waals surface area contributed by atoms with Gasteiger partial charge in [0.1, 0.15) is 19.3 Å². The average molecular weight is 155 g/mol. The third-order valence-corrected chi connectivity index (χ3v) is 1.12. The lowest BCUT2D eigenvalue weighted by Gasteiger charge is -2.00. The van der Waals surface area contributed by atoms with Gasteiger partial charge >= 0.3 is 5.97 Å². The Morgan fingerprint density at radius 1 is 1.55 bits per heavy atom. The molecule has 0 amide bonds. The minimum Gasteiger partial charge on any atom is -0.464 e. The zero-order valence-corrected chi connectivity index (χ0v) is 6.23. The molecule has 0 aliphatic heterocycles. The summed E-state index contributed by atoms with van der Waals surface area (Å²) in [6.45, 7) is 2.35. The first-order chi connectivity index (χ1) is 5.29. The molecule has 0 saturated heterocycles. The van der Waals surface area contributed by atoms with E-state index in [9.17, 15) is 4.79 Å². The van der Waals surface area contributed by atoms with Crippen molar-refractivity contribution < 1.29 is 9.53 Å². The summed E-state index contributed by atoms with van der Waals surface area (Å²) in [5.74, 6) is -0.266. The number of rotatable bonds is 3. The third kappa shape index (κ3) is 2.79. The zero-order valence-electron chi connectivity index (χ0n) is 6.23. The van der Waals surface area contributed by atoms with Crippen LogP contribution in [0.25, 0.3) is 0 Å². The van der Waals surface area contributed by atoms with Gasteiger partial charge in [-0.25, -0.2) is 0 Å². The molecule has 1 heterocycles. The number of hydrogen-bond acceptors (Lipinski definition) is 4. The zero-order chi connectivity index (χ0) is 8.10. The summed E-state index contributed by atoms with van der Waals surface area (Å²) >= 11 is 0. The maximum Gasteiger partial charge on any atom is 0.302 e. The van der Waals surface area contributed by atoms with Gasteiger partial charge in [0.25, 0.3) is 0 Å². The highest BCUT2D eigenvalue weighted by molar-refractivity contribution is 5.65. The van der Waals surface area contributed by atoms with Gasteiger partial charge in [-0.05, 0) is 0 Å². The van der Waals surface area contributed by atoms with E-state index in [1.54, 1.807) is 17.2 Å². The van der Waals surface area contributed by atoms with Crippen molar-refractivity contribution in [2.75, 3.05) is 6.61 Å². The van der Waals surface area contributed by atoms with Crippen LogP contribution in [0.3, 0.4) is 0 Å². The highest BCUT2D eigenvalue weighted by atomic mass is 16.5. The van der Waals surface area contributed by atoms with Crippen molar-refractivity contribution >= 4 is 5.97 Å². The molecule has 0 atom stereocenters. The SMILES string of the molecule is CC(=O)OCCn1cnnc1. The van der Waals surface area contributed by atoms with Gasteiger partial charge < -0.3 is 9.30 Å². The Kier molecular flexibility index (Phi) is 2.59. The van der Waals surface area contributed by atoms with Crippen LogP contribution in [0.5, 0.6) is 0 Å². The summed E-state index contributed by atoms with van der Waals surface area (Å²) in [4.78, 5) is 10.3. The van der Waals surface area contributed by atoms with Crippen molar-refractivity contribution in [1.82, 2.24) is 14.8 Å². The first-order valence-electron chi connectivity index (χ1n) is 3.25. The van der Waals surface area contributed by atoms with Crippen molar-refractivity contribution in [2.45, 2.75) is 13.5 Å². The topological polar surface area (TPSA) is 57.0 Å². The van der Waals surface area contributed by atoms with Crippen LogP contribution >= 0.6 is 0 Å². The Morgan fingerprint density at radius 3 is 2.73 bits per heavy atom. The lowest BCUT2D eigenvalue weighted by Crippen LogP contribution is -2.07. The number of nitrogens with zero attached hydrogens (tertiary/aromatic N) is 3. The molecule has 0 aliphatic carbocycles. The minimum absolute atomic E-state index is 0.266. The predicted molar refractivity (Wildman–Crippen MR) is 36.7 cm³/mol. The molecule has 11 heavy (non-hydrogen) atoms. The number of carbonyl (C=O) groups excluding carboxylic acids is 1. The van der Waals surface area contributed by atoms with Gasteiger partial charge in [-0.15, -0.1) is 10.2 Å². The molecule has 0 aliphatic rings. The molecule has 0 bridgehead atoms. The average Bonchev–Trinajstić information content (AvgIpc) is 2.39. The smallest absolute Gasteiger partial charge is 0.302 e. The van der Waals surface area contributed by atoms with E-state index in [0.29, 0.717) is 13.2 Å². The van der Waals surface area contributed by atoms with Crippen LogP contribution in [0.2, 0.25) is 0 Å². The second kappa shape index (κ2) is 3.70. The Morgan fingerprint density at radius 2 is 2.18 bits per heavy atom. The molecule has 0 fully saturated rings. The number of aromatic nitrogens is 3. The summed E-state index contributed by atoms with van der Waals surface area (Å²) in [7, 11) is 0. The van der Waals surface area contributed by atoms with Gasteiger partial charge in [-0.1, -0.05) is 0 Å². The van der Waals surface area contributed by atoms with Gasteiger partial charge in [0.2, 0.25) is 0 Å². The first-order valence-corrected chi connectivity index (χ1v) is 3.25. The molecule has 1 rings (SSSR count). The van der Waals surface area contributed by atoms with Crippen molar-refractivity contribution in [2.24, 2.45) is 0 Å². The van der Waals surface area contributed by atoms with Gasteiger partial charge in [-0.2, -0.15) is 0 Å². The molecule has 0 unspecified atom stereocenters. The molecule has 1 aromatic heterocycles. The summed E-state index contributed by atoms with van der Waals surface area (Å²) in [5, 5.41) is 7.18. The van der Waals surface area contributed by atoms with E-state index < -0.39 is 0 Å². The van der Waals surface area contributed by atoms with Gasteiger partial charge in [0.15, 0.2) is 0 Å². The standard InChI is InChI=1S/C6H9N3O2/c1-6(10)11-3-2-9-4-7-8-5-9/h4-5H,2-3H2,1H3. The van der Waals surface area contributed by atoms with E-state index in [4.69, 9.17) is 4.74 Å². The monoisotopic (exact) mass is 155 g/mol. The molecule has 5 heteroatoms.